The van der Waals surface area contributed by atoms with Crippen molar-refractivity contribution in [3.63, 3.8) is 0 Å². The van der Waals surface area contributed by atoms with Gasteiger partial charge in [-0.15, -0.1) is 6.58 Å². The highest BCUT2D eigenvalue weighted by Crippen LogP contribution is 2.29. The number of carbonyl (C=O) groups is 2. The SMILES string of the molecule is C=CCCCNC(=O)c1ccc(C#N)c(C(=O)N[C@H](C)c2cc(Br)cc3ccccc23)c1. The second-order valence-electron chi connectivity index (χ2n) is 7.47. The van der Waals surface area contributed by atoms with E-state index in [4.69, 9.17) is 0 Å². The molecule has 0 heterocycles. The third kappa shape index (κ3) is 5.43. The van der Waals surface area contributed by atoms with Crippen LogP contribution in [0, 0.1) is 11.3 Å². The highest BCUT2D eigenvalue weighted by Gasteiger charge is 2.19. The van der Waals surface area contributed by atoms with E-state index >= 15 is 0 Å². The normalized spacial score (nSPS) is 11.4. The fourth-order valence-electron chi connectivity index (χ4n) is 3.53. The van der Waals surface area contributed by atoms with Crippen LogP contribution < -0.4 is 10.6 Å². The Balaban J connectivity index is 1.83. The van der Waals surface area contributed by atoms with Crippen LogP contribution in [-0.4, -0.2) is 18.4 Å². The van der Waals surface area contributed by atoms with E-state index in [-0.39, 0.29) is 23.1 Å². The van der Waals surface area contributed by atoms with E-state index in [0.717, 1.165) is 33.7 Å². The number of nitriles is 1. The second-order valence-corrected chi connectivity index (χ2v) is 8.39. The molecule has 0 saturated heterocycles. The van der Waals surface area contributed by atoms with Gasteiger partial charge >= 0.3 is 0 Å². The van der Waals surface area contributed by atoms with Crippen LogP contribution in [0.1, 0.15) is 57.7 Å². The first-order valence-electron chi connectivity index (χ1n) is 10.4. The number of unbranched alkanes of at least 4 members (excludes halogenated alkanes) is 1. The zero-order valence-electron chi connectivity index (χ0n) is 17.8. The number of amides is 2. The summed E-state index contributed by atoms with van der Waals surface area (Å²) in [5, 5.41) is 17.4. The molecule has 3 aromatic carbocycles. The minimum Gasteiger partial charge on any atom is -0.352 e. The van der Waals surface area contributed by atoms with Crippen molar-refractivity contribution in [2.24, 2.45) is 0 Å². The lowest BCUT2D eigenvalue weighted by Crippen LogP contribution is -2.29. The quantitative estimate of drug-likeness (QED) is 0.316. The smallest absolute Gasteiger partial charge is 0.253 e. The molecule has 0 radical (unpaired) electrons. The molecule has 3 rings (SSSR count). The summed E-state index contributed by atoms with van der Waals surface area (Å²) in [6.07, 6.45) is 3.40. The van der Waals surface area contributed by atoms with Crippen molar-refractivity contribution in [1.82, 2.24) is 10.6 Å². The number of hydrogen-bond donors (Lipinski definition) is 2. The van der Waals surface area contributed by atoms with Gasteiger partial charge in [0.25, 0.3) is 11.8 Å². The molecule has 0 aliphatic heterocycles. The summed E-state index contributed by atoms with van der Waals surface area (Å²) in [4.78, 5) is 25.5. The maximum absolute atomic E-state index is 13.1. The lowest BCUT2D eigenvalue weighted by atomic mass is 9.98. The van der Waals surface area contributed by atoms with E-state index < -0.39 is 5.91 Å². The Hall–Kier alpha value is -3.43. The van der Waals surface area contributed by atoms with Crippen LogP contribution in [0.2, 0.25) is 0 Å². The van der Waals surface area contributed by atoms with Crippen LogP contribution in [0.3, 0.4) is 0 Å². The van der Waals surface area contributed by atoms with Gasteiger partial charge in [-0.3, -0.25) is 9.59 Å². The highest BCUT2D eigenvalue weighted by atomic mass is 79.9. The number of hydrogen-bond acceptors (Lipinski definition) is 3. The topological polar surface area (TPSA) is 82.0 Å². The summed E-state index contributed by atoms with van der Waals surface area (Å²) < 4.78 is 0.917. The Morgan fingerprint density at radius 3 is 2.69 bits per heavy atom. The monoisotopic (exact) mass is 489 g/mol. The first-order chi connectivity index (χ1) is 15.4. The number of benzene rings is 3. The van der Waals surface area contributed by atoms with Gasteiger partial charge in [0, 0.05) is 16.6 Å². The fraction of sp³-hybridized carbons (Fsp3) is 0.192. The molecule has 0 spiro atoms. The summed E-state index contributed by atoms with van der Waals surface area (Å²) in [6.45, 7) is 6.07. The predicted octanol–water partition coefficient (Wildman–Crippen LogP) is 5.66. The third-order valence-electron chi connectivity index (χ3n) is 5.19. The summed E-state index contributed by atoms with van der Waals surface area (Å²) in [6, 6.07) is 18.2. The van der Waals surface area contributed by atoms with Crippen molar-refractivity contribution in [2.45, 2.75) is 25.8 Å². The van der Waals surface area contributed by atoms with E-state index in [9.17, 15) is 14.9 Å². The van der Waals surface area contributed by atoms with E-state index in [2.05, 4.69) is 33.1 Å². The van der Waals surface area contributed by atoms with Gasteiger partial charge in [-0.1, -0.05) is 46.3 Å². The molecule has 162 valence electrons. The van der Waals surface area contributed by atoms with Crippen molar-refractivity contribution < 1.29 is 9.59 Å². The number of carbonyl (C=O) groups excluding carboxylic acids is 2. The van der Waals surface area contributed by atoms with Crippen LogP contribution in [0.5, 0.6) is 0 Å². The van der Waals surface area contributed by atoms with Crippen LogP contribution in [0.15, 0.2) is 71.7 Å². The molecule has 0 unspecified atom stereocenters. The summed E-state index contributed by atoms with van der Waals surface area (Å²) in [5.41, 5.74) is 1.70. The molecule has 0 aliphatic rings. The Morgan fingerprint density at radius 2 is 1.94 bits per heavy atom. The van der Waals surface area contributed by atoms with Gasteiger partial charge in [-0.25, -0.2) is 0 Å². The molecule has 0 aliphatic carbocycles. The Kier molecular flexibility index (Phi) is 7.80. The molecule has 2 amide bonds. The maximum atomic E-state index is 13.1. The van der Waals surface area contributed by atoms with Crippen molar-refractivity contribution in [3.8, 4) is 6.07 Å². The second kappa shape index (κ2) is 10.7. The van der Waals surface area contributed by atoms with Crippen LogP contribution in [-0.2, 0) is 0 Å². The molecule has 1 atom stereocenters. The molecule has 0 fully saturated rings. The Labute approximate surface area is 196 Å². The van der Waals surface area contributed by atoms with Gasteiger partial charge in [0.15, 0.2) is 0 Å². The van der Waals surface area contributed by atoms with E-state index in [1.165, 1.54) is 12.1 Å². The largest absolute Gasteiger partial charge is 0.352 e. The first-order valence-corrected chi connectivity index (χ1v) is 11.2. The zero-order valence-corrected chi connectivity index (χ0v) is 19.4. The number of halogens is 1. The average Bonchev–Trinajstić information content (AvgIpc) is 2.80. The number of fused-ring (bicyclic) bond motifs is 1. The number of nitrogens with zero attached hydrogens (tertiary/aromatic N) is 1. The van der Waals surface area contributed by atoms with Gasteiger partial charge < -0.3 is 10.6 Å². The summed E-state index contributed by atoms with van der Waals surface area (Å²) >= 11 is 3.54. The lowest BCUT2D eigenvalue weighted by Gasteiger charge is -2.18. The molecule has 0 aromatic heterocycles. The minimum absolute atomic E-state index is 0.178. The minimum atomic E-state index is -0.403. The van der Waals surface area contributed by atoms with Crippen LogP contribution >= 0.6 is 15.9 Å². The standard InChI is InChI=1S/C26H24BrN3O2/c1-3-4-7-12-29-25(31)19-10-11-20(16-28)24(14-19)26(32)30-17(2)23-15-21(27)13-18-8-5-6-9-22(18)23/h3,5-6,8-11,13-15,17H,1,4,7,12H2,2H3,(H,29,31)(H,30,32)/t17-/m1/s1. The Morgan fingerprint density at radius 1 is 1.16 bits per heavy atom. The Bertz CT molecular complexity index is 1210. The molecule has 0 bridgehead atoms. The molecule has 5 nitrogen and oxygen atoms in total. The van der Waals surface area contributed by atoms with Crippen molar-refractivity contribution in [1.29, 1.82) is 5.26 Å². The molecular weight excluding hydrogens is 466 g/mol. The van der Waals surface area contributed by atoms with Crippen molar-refractivity contribution >= 4 is 38.5 Å². The van der Waals surface area contributed by atoms with Crippen molar-refractivity contribution in [3.05, 3.63) is 94.0 Å². The van der Waals surface area contributed by atoms with Gasteiger partial charge in [0.05, 0.1) is 23.2 Å². The molecule has 0 saturated carbocycles. The zero-order chi connectivity index (χ0) is 23.1. The van der Waals surface area contributed by atoms with Gasteiger partial charge in [0.2, 0.25) is 0 Å². The van der Waals surface area contributed by atoms with Gasteiger partial charge in [-0.05, 0) is 66.4 Å². The van der Waals surface area contributed by atoms with Crippen LogP contribution in [0.25, 0.3) is 10.8 Å². The fourth-order valence-corrected chi connectivity index (χ4v) is 4.03. The van der Waals surface area contributed by atoms with Crippen LogP contribution in [0.4, 0.5) is 0 Å². The van der Waals surface area contributed by atoms with Crippen molar-refractivity contribution in [2.75, 3.05) is 6.54 Å². The van der Waals surface area contributed by atoms with Gasteiger partial charge in [0.1, 0.15) is 0 Å². The molecule has 2 N–H and O–H groups in total. The molecular formula is C26H24BrN3O2. The number of nitrogens with one attached hydrogen (secondary N) is 2. The van der Waals surface area contributed by atoms with Gasteiger partial charge in [-0.2, -0.15) is 5.26 Å². The van der Waals surface area contributed by atoms with E-state index in [1.807, 2.05) is 49.4 Å². The maximum Gasteiger partial charge on any atom is 0.253 e. The number of rotatable bonds is 8. The molecule has 32 heavy (non-hydrogen) atoms. The average molecular weight is 490 g/mol. The first kappa shape index (κ1) is 23.2. The highest BCUT2D eigenvalue weighted by molar-refractivity contribution is 9.10. The third-order valence-corrected chi connectivity index (χ3v) is 5.65. The molecule has 6 heteroatoms. The lowest BCUT2D eigenvalue weighted by molar-refractivity contribution is 0.0940. The summed E-state index contributed by atoms with van der Waals surface area (Å²) in [5.74, 6) is -0.682. The molecule has 3 aromatic rings. The summed E-state index contributed by atoms with van der Waals surface area (Å²) in [7, 11) is 0. The van der Waals surface area contributed by atoms with E-state index in [1.54, 1.807) is 12.1 Å². The number of allylic oxidation sites excluding steroid dienone is 1. The predicted molar refractivity (Wildman–Crippen MR) is 130 cm³/mol. The van der Waals surface area contributed by atoms with E-state index in [0.29, 0.717) is 12.1 Å².